The van der Waals surface area contributed by atoms with E-state index in [2.05, 4.69) is 73.8 Å². The largest absolute Gasteiger partial charge is 0.445 e. The zero-order valence-corrected chi connectivity index (χ0v) is 27.6. The van der Waals surface area contributed by atoms with Gasteiger partial charge in [0.1, 0.15) is 6.61 Å². The zero-order valence-electron chi connectivity index (χ0n) is 26.6. The highest BCUT2D eigenvalue weighted by atomic mass is 28.4. The highest BCUT2D eigenvalue weighted by Crippen LogP contribution is 2.45. The fourth-order valence-corrected chi connectivity index (χ4v) is 12.3. The van der Waals surface area contributed by atoms with Gasteiger partial charge in [0.15, 0.2) is 0 Å². The molecule has 0 aliphatic carbocycles. The van der Waals surface area contributed by atoms with Crippen LogP contribution >= 0.6 is 0 Å². The van der Waals surface area contributed by atoms with Crippen LogP contribution in [0.1, 0.15) is 126 Å². The summed E-state index contributed by atoms with van der Waals surface area (Å²) >= 11 is 0. The minimum Gasteiger partial charge on any atom is -0.445 e. The van der Waals surface area contributed by atoms with Crippen molar-refractivity contribution in [2.45, 2.75) is 167 Å². The number of nitrogens with zero attached hydrogens (tertiary/aromatic N) is 1. The van der Waals surface area contributed by atoms with Gasteiger partial charge in [-0.15, -0.1) is 5.73 Å². The van der Waals surface area contributed by atoms with E-state index in [-0.39, 0.29) is 37.0 Å². The Morgan fingerprint density at radius 1 is 1.05 bits per heavy atom. The number of rotatable bonds is 18. The molecule has 226 valence electrons. The van der Waals surface area contributed by atoms with Crippen LogP contribution in [0.3, 0.4) is 0 Å². The molecule has 1 saturated heterocycles. The van der Waals surface area contributed by atoms with Gasteiger partial charge in [0.2, 0.25) is 8.32 Å². The van der Waals surface area contributed by atoms with Gasteiger partial charge in [0.05, 0.1) is 18.2 Å². The van der Waals surface area contributed by atoms with Crippen molar-refractivity contribution >= 4 is 14.4 Å². The molecule has 0 aromatic heterocycles. The van der Waals surface area contributed by atoms with Crippen LogP contribution in [0, 0.1) is 0 Å². The summed E-state index contributed by atoms with van der Waals surface area (Å²) in [6.45, 7) is 22.2. The predicted octanol–water partition coefficient (Wildman–Crippen LogP) is 9.33. The van der Waals surface area contributed by atoms with E-state index in [1.807, 2.05) is 11.0 Å². The van der Waals surface area contributed by atoms with Crippen molar-refractivity contribution in [2.75, 3.05) is 6.61 Å². The molecule has 0 aromatic carbocycles. The zero-order chi connectivity index (χ0) is 29.4. The number of aliphatic hydroxyl groups is 1. The van der Waals surface area contributed by atoms with E-state index in [1.165, 1.54) is 19.3 Å². The normalized spacial score (nSPS) is 20.7. The summed E-state index contributed by atoms with van der Waals surface area (Å²) < 4.78 is 12.7. The molecule has 1 heterocycles. The summed E-state index contributed by atoms with van der Waals surface area (Å²) in [6.07, 6.45) is 16.2. The maximum absolute atomic E-state index is 13.2. The maximum atomic E-state index is 13.2. The number of aliphatic hydroxyl groups excluding tert-OH is 1. The summed E-state index contributed by atoms with van der Waals surface area (Å²) in [7, 11) is -2.06. The number of amides is 1. The van der Waals surface area contributed by atoms with Gasteiger partial charge >= 0.3 is 6.09 Å². The lowest BCUT2D eigenvalue weighted by Crippen LogP contribution is -2.60. The Morgan fingerprint density at radius 3 is 2.31 bits per heavy atom. The lowest BCUT2D eigenvalue weighted by molar-refractivity contribution is -0.0101. The maximum Gasteiger partial charge on any atom is 0.410 e. The first-order chi connectivity index (χ1) is 18.5. The van der Waals surface area contributed by atoms with Gasteiger partial charge in [-0.05, 0) is 80.6 Å². The van der Waals surface area contributed by atoms with Gasteiger partial charge < -0.3 is 14.3 Å². The van der Waals surface area contributed by atoms with Gasteiger partial charge in [-0.25, -0.2) is 4.79 Å². The average Bonchev–Trinajstić information content (AvgIpc) is 2.88. The van der Waals surface area contributed by atoms with Crippen LogP contribution in [0.15, 0.2) is 30.5 Å². The molecule has 5 nitrogen and oxygen atoms in total. The van der Waals surface area contributed by atoms with Crippen LogP contribution in [0.25, 0.3) is 0 Å². The lowest BCUT2D eigenvalue weighted by atomic mass is 9.91. The third kappa shape index (κ3) is 11.2. The molecule has 6 heteroatoms. The van der Waals surface area contributed by atoms with Crippen LogP contribution in [-0.4, -0.2) is 55.3 Å². The van der Waals surface area contributed by atoms with Gasteiger partial charge in [0, 0.05) is 6.04 Å². The Kier molecular flexibility index (Phi) is 17.3. The second kappa shape index (κ2) is 18.9. The molecule has 0 radical (unpaired) electrons. The minimum absolute atomic E-state index is 0.0292. The van der Waals surface area contributed by atoms with Crippen molar-refractivity contribution in [1.82, 2.24) is 4.90 Å². The van der Waals surface area contributed by atoms with Crippen molar-refractivity contribution < 1.29 is 19.1 Å². The Balaban J connectivity index is 2.80. The van der Waals surface area contributed by atoms with E-state index in [9.17, 15) is 9.90 Å². The minimum atomic E-state index is -2.06. The third-order valence-electron chi connectivity index (χ3n) is 8.66. The molecule has 39 heavy (non-hydrogen) atoms. The van der Waals surface area contributed by atoms with E-state index in [0.717, 1.165) is 44.9 Å². The number of hydrogen-bond donors (Lipinski definition) is 1. The Bertz CT molecular complexity index is 737. The van der Waals surface area contributed by atoms with E-state index in [0.29, 0.717) is 23.0 Å². The van der Waals surface area contributed by atoms with Crippen LogP contribution in [0.5, 0.6) is 0 Å². The van der Waals surface area contributed by atoms with Gasteiger partial charge in [0.25, 0.3) is 0 Å². The summed E-state index contributed by atoms with van der Waals surface area (Å²) in [4.78, 5) is 15.2. The van der Waals surface area contributed by atoms with Crippen molar-refractivity contribution in [3.63, 3.8) is 0 Å². The van der Waals surface area contributed by atoms with Crippen molar-refractivity contribution in [2.24, 2.45) is 0 Å². The van der Waals surface area contributed by atoms with Crippen molar-refractivity contribution in [3.8, 4) is 0 Å². The number of piperidine rings is 1. The molecule has 1 fully saturated rings. The van der Waals surface area contributed by atoms with Crippen LogP contribution < -0.4 is 0 Å². The van der Waals surface area contributed by atoms with E-state index < -0.39 is 8.32 Å². The standard InChI is InChI=1S/C33H61NO4Si/c1-10-12-13-18-21-31(35)22-19-16-14-15-17-20-30-23-24-32(29(9)34(30)33(36)37-25-11-2)38-39(26(3)4,27(5)6)28(7)8/h11,14,19,26-32,35H,2,10,12-13,15,17-18,20-25H2,1,3-9H3/t16?,29-,30-,31?,32+/m0/s1. The predicted molar refractivity (Wildman–Crippen MR) is 168 cm³/mol. The number of hydrogen-bond acceptors (Lipinski definition) is 4. The number of unbranched alkanes of at least 4 members (excludes halogenated alkanes) is 4. The highest BCUT2D eigenvalue weighted by Gasteiger charge is 2.49. The second-order valence-corrected chi connectivity index (χ2v) is 17.9. The molecule has 0 spiro atoms. The molecule has 0 aromatic rings. The molecule has 1 unspecified atom stereocenters. The summed E-state index contributed by atoms with van der Waals surface area (Å²) in [5, 5.41) is 10.1. The quantitative estimate of drug-likeness (QED) is 0.0781. The van der Waals surface area contributed by atoms with Gasteiger partial charge in [-0.3, -0.25) is 4.90 Å². The molecule has 1 aliphatic rings. The molecule has 0 bridgehead atoms. The first-order valence-corrected chi connectivity index (χ1v) is 18.0. The van der Waals surface area contributed by atoms with E-state index in [4.69, 9.17) is 9.16 Å². The first kappa shape index (κ1) is 35.7. The van der Waals surface area contributed by atoms with Crippen LogP contribution in [0.4, 0.5) is 4.79 Å². The number of carbonyl (C=O) groups excluding carboxylic acids is 1. The molecule has 0 saturated carbocycles. The average molecular weight is 564 g/mol. The molecule has 4 atom stereocenters. The lowest BCUT2D eigenvalue weighted by Gasteiger charge is -2.50. The Morgan fingerprint density at radius 2 is 1.72 bits per heavy atom. The number of ether oxygens (including phenoxy) is 1. The highest BCUT2D eigenvalue weighted by molar-refractivity contribution is 6.77. The van der Waals surface area contributed by atoms with E-state index in [1.54, 1.807) is 6.08 Å². The van der Waals surface area contributed by atoms with Crippen molar-refractivity contribution in [1.29, 1.82) is 0 Å². The Labute approximate surface area is 242 Å². The SMILES string of the molecule is C=CCOC(=O)N1[C@@H](CCCC=C=CCC(O)CCCCCC)CC[C@@H](O[Si](C(C)C)(C(C)C)C(C)C)[C@@H]1C. The smallest absolute Gasteiger partial charge is 0.410 e. The van der Waals surface area contributed by atoms with E-state index >= 15 is 0 Å². The van der Waals surface area contributed by atoms with Gasteiger partial charge in [-0.2, -0.15) is 0 Å². The van der Waals surface area contributed by atoms with Crippen molar-refractivity contribution in [3.05, 3.63) is 30.5 Å². The van der Waals surface area contributed by atoms with Crippen LogP contribution in [-0.2, 0) is 9.16 Å². The summed E-state index contributed by atoms with van der Waals surface area (Å²) in [5.74, 6) is 0. The molecular formula is C33H61NO4Si. The molecule has 1 aliphatic heterocycles. The van der Waals surface area contributed by atoms with Crippen LogP contribution in [0.2, 0.25) is 16.6 Å². The molecule has 1 rings (SSSR count). The first-order valence-electron chi connectivity index (χ1n) is 15.8. The Hall–Kier alpha value is -1.33. The van der Waals surface area contributed by atoms with Gasteiger partial charge in [-0.1, -0.05) is 86.8 Å². The number of likely N-dealkylation sites (tertiary alicyclic amines) is 1. The summed E-state index contributed by atoms with van der Waals surface area (Å²) in [5.41, 5.74) is 4.76. The third-order valence-corrected chi connectivity index (χ3v) is 14.8. The number of carbonyl (C=O) groups is 1. The topological polar surface area (TPSA) is 59.0 Å². The molecular weight excluding hydrogens is 502 g/mol. The fraction of sp³-hybridized carbons (Fsp3) is 0.818. The summed E-state index contributed by atoms with van der Waals surface area (Å²) in [6, 6.07) is 0.117. The monoisotopic (exact) mass is 563 g/mol. The molecule has 1 N–H and O–H groups in total. The second-order valence-electron chi connectivity index (χ2n) is 12.5. The molecule has 1 amide bonds. The fourth-order valence-electron chi connectivity index (χ4n) is 6.63.